The van der Waals surface area contributed by atoms with Crippen LogP contribution < -0.4 is 10.6 Å². The van der Waals surface area contributed by atoms with Gasteiger partial charge in [-0.2, -0.15) is 0 Å². The van der Waals surface area contributed by atoms with Gasteiger partial charge in [-0.3, -0.25) is 4.79 Å². The van der Waals surface area contributed by atoms with Gasteiger partial charge in [-0.15, -0.1) is 0 Å². The minimum atomic E-state index is -3.05. The highest BCUT2D eigenvalue weighted by molar-refractivity contribution is 6.76. The molecule has 12 N–H and O–H groups in total. The molecule has 0 unspecified atom stereocenters. The Balaban J connectivity index is 1.95. The first-order valence-corrected chi connectivity index (χ1v) is 21.3. The Bertz CT molecular complexity index is 1280. The Kier molecular flexibility index (Phi) is 17.3. The number of carbonyl (C=O) groups excluding carboxylic acids is 2. The van der Waals surface area contributed by atoms with Crippen LogP contribution in [0.5, 0.6) is 0 Å². The molecule has 0 bridgehead atoms. The van der Waals surface area contributed by atoms with Gasteiger partial charge in [-0.25, -0.2) is 9.59 Å². The fraction of sp³-hybridized carbons (Fsp3) is 0.844. The summed E-state index contributed by atoms with van der Waals surface area (Å²) < 4.78 is 39.5. The van der Waals surface area contributed by atoms with Crippen molar-refractivity contribution in [1.82, 2.24) is 10.6 Å². The number of alkyl carbamates (subject to hydrolysis) is 1. The molecule has 16 atom stereocenters. The van der Waals surface area contributed by atoms with E-state index in [9.17, 15) is 65.4 Å². The maximum absolute atomic E-state index is 12.8. The third-order valence-corrected chi connectivity index (χ3v) is 10.9. The summed E-state index contributed by atoms with van der Waals surface area (Å²) in [6.07, 6.45) is -25.0. The van der Waals surface area contributed by atoms with Gasteiger partial charge < -0.3 is 94.9 Å². The summed E-state index contributed by atoms with van der Waals surface area (Å²) in [6.45, 7) is 7.88. The Morgan fingerprint density at radius 3 is 2.11 bits per heavy atom. The molecule has 0 saturated carbocycles. The average molecular weight is 817 g/mol. The fourth-order valence-corrected chi connectivity index (χ4v) is 6.98. The molecule has 3 fully saturated rings. The fourth-order valence-electron chi connectivity index (χ4n) is 6.25. The standard InChI is InChI=1S/C32H56N2O20Si/c1-6-7-49-31(47)34-20-23(43)25(18(13-37)51-28(20)48-8-9-55(3,4)5)52-29-24(44)27(22(42)17(12-36)50-29)54-32(30(45)46)10-15(39)19(33-14(2)38)26(53-32)21(41)16(40)11-35/h6,15-29,35-37,39-44H,1,7-13H2,2-5H3,(H,33,38)(H,34,47)(H,45,46)/t15-,16+,17+,18+,19+,20+,21+,22-,23+,24+,25+,26+,27-,28+,29-,32-/m0/s1. The number of aliphatic hydroxyl groups is 9. The number of aliphatic carboxylic acids is 1. The highest BCUT2D eigenvalue weighted by Gasteiger charge is 2.60. The maximum atomic E-state index is 12.8. The van der Waals surface area contributed by atoms with Crippen LogP contribution in [-0.4, -0.2) is 208 Å². The van der Waals surface area contributed by atoms with Gasteiger partial charge in [-0.1, -0.05) is 32.3 Å². The number of rotatable bonds is 18. The quantitative estimate of drug-likeness (QED) is 0.0455. The van der Waals surface area contributed by atoms with E-state index in [1.54, 1.807) is 0 Å². The minimum Gasteiger partial charge on any atom is -0.477 e. The molecule has 0 radical (unpaired) electrons. The van der Waals surface area contributed by atoms with E-state index in [0.717, 1.165) is 6.92 Å². The minimum absolute atomic E-state index is 0.153. The Morgan fingerprint density at radius 2 is 1.56 bits per heavy atom. The van der Waals surface area contributed by atoms with Crippen molar-refractivity contribution in [2.45, 2.75) is 137 Å². The zero-order valence-electron chi connectivity index (χ0n) is 30.9. The summed E-state index contributed by atoms with van der Waals surface area (Å²) in [6, 6.07) is -2.32. The monoisotopic (exact) mass is 816 g/mol. The summed E-state index contributed by atoms with van der Waals surface area (Å²) in [7, 11) is -1.64. The SMILES string of the molecule is C=CCOC(=O)N[C@H]1[C@H](OCC[Si](C)(C)C)O[C@H](CO)[C@@H](O[C@@H]2O[C@H](CO)[C@H](O)[C@H](O[C@]3(C(=O)O)C[C@H](O)[C@@H](NC(C)=O)[C@H]([C@H](O)[C@H](O)CO)O3)[C@H]2O)[C@@H]1O. The van der Waals surface area contributed by atoms with Crippen molar-refractivity contribution < 1.29 is 98.6 Å². The lowest BCUT2D eigenvalue weighted by Crippen LogP contribution is -2.71. The van der Waals surface area contributed by atoms with E-state index >= 15 is 0 Å². The number of nitrogens with one attached hydrogen (secondary N) is 2. The molecule has 2 amide bonds. The molecule has 22 nitrogen and oxygen atoms in total. The Hall–Kier alpha value is -2.43. The van der Waals surface area contributed by atoms with Crippen LogP contribution in [0, 0.1) is 0 Å². The lowest BCUT2D eigenvalue weighted by Gasteiger charge is -2.51. The summed E-state index contributed by atoms with van der Waals surface area (Å²) in [5.74, 6) is -5.77. The number of carboxylic acid groups (broad SMARTS) is 1. The third-order valence-electron chi connectivity index (χ3n) is 9.23. The predicted molar refractivity (Wildman–Crippen MR) is 184 cm³/mol. The normalized spacial score (nSPS) is 38.0. The summed E-state index contributed by atoms with van der Waals surface area (Å²) in [5.41, 5.74) is 0. The van der Waals surface area contributed by atoms with Crippen LogP contribution in [0.3, 0.4) is 0 Å². The number of carboxylic acids is 1. The van der Waals surface area contributed by atoms with Crippen molar-refractivity contribution in [2.24, 2.45) is 0 Å². The van der Waals surface area contributed by atoms with Crippen LogP contribution in [0.1, 0.15) is 13.3 Å². The molecule has 55 heavy (non-hydrogen) atoms. The second kappa shape index (κ2) is 20.3. The van der Waals surface area contributed by atoms with Crippen molar-refractivity contribution >= 4 is 26.0 Å². The maximum Gasteiger partial charge on any atom is 0.407 e. The summed E-state index contributed by atoms with van der Waals surface area (Å²) in [4.78, 5) is 37.3. The van der Waals surface area contributed by atoms with Crippen LogP contribution in [0.25, 0.3) is 0 Å². The molecular formula is C32H56N2O20Si. The van der Waals surface area contributed by atoms with Gasteiger partial charge in [0.05, 0.1) is 32.0 Å². The molecule has 0 aromatic rings. The number of hydrogen-bond donors (Lipinski definition) is 12. The van der Waals surface area contributed by atoms with E-state index < -0.39 is 150 Å². The van der Waals surface area contributed by atoms with Crippen molar-refractivity contribution in [1.29, 1.82) is 0 Å². The highest BCUT2D eigenvalue weighted by Crippen LogP contribution is 2.38. The van der Waals surface area contributed by atoms with E-state index in [4.69, 9.17) is 33.2 Å². The van der Waals surface area contributed by atoms with Gasteiger partial charge in [0.15, 0.2) is 12.6 Å². The lowest BCUT2D eigenvalue weighted by molar-refractivity contribution is -0.382. The number of hydrogen-bond acceptors (Lipinski definition) is 19. The lowest BCUT2D eigenvalue weighted by atomic mass is 9.88. The highest BCUT2D eigenvalue weighted by atomic mass is 28.3. The molecule has 3 rings (SSSR count). The van der Waals surface area contributed by atoms with Crippen molar-refractivity contribution in [3.8, 4) is 0 Å². The second-order valence-corrected chi connectivity index (χ2v) is 20.3. The molecule has 3 aliphatic heterocycles. The van der Waals surface area contributed by atoms with E-state index in [1.165, 1.54) is 6.08 Å². The number of amides is 2. The molecule has 23 heteroatoms. The number of aliphatic hydroxyl groups excluding tert-OH is 9. The smallest absolute Gasteiger partial charge is 0.407 e. The second-order valence-electron chi connectivity index (χ2n) is 14.7. The van der Waals surface area contributed by atoms with Gasteiger partial charge in [0.2, 0.25) is 5.91 Å². The van der Waals surface area contributed by atoms with Crippen LogP contribution >= 0.6 is 0 Å². The van der Waals surface area contributed by atoms with Crippen molar-refractivity contribution in [3.63, 3.8) is 0 Å². The first kappa shape index (κ1) is 46.9. The molecule has 3 aliphatic rings. The molecule has 0 spiro atoms. The molecule has 3 saturated heterocycles. The largest absolute Gasteiger partial charge is 0.477 e. The number of carbonyl (C=O) groups is 3. The van der Waals surface area contributed by atoms with Crippen molar-refractivity contribution in [2.75, 3.05) is 33.0 Å². The van der Waals surface area contributed by atoms with E-state index in [-0.39, 0.29) is 13.2 Å². The van der Waals surface area contributed by atoms with Gasteiger partial charge in [0.1, 0.15) is 73.7 Å². The topological polar surface area (TPSA) is 342 Å². The van der Waals surface area contributed by atoms with Crippen LogP contribution in [0.2, 0.25) is 25.7 Å². The molecule has 318 valence electrons. The first-order chi connectivity index (χ1) is 25.7. The zero-order valence-corrected chi connectivity index (χ0v) is 31.9. The van der Waals surface area contributed by atoms with Crippen molar-refractivity contribution in [3.05, 3.63) is 12.7 Å². The van der Waals surface area contributed by atoms with E-state index in [1.807, 2.05) is 0 Å². The number of ether oxygens (including phenoxy) is 7. The summed E-state index contributed by atoms with van der Waals surface area (Å²) in [5, 5.41) is 111. The molecule has 0 aromatic heterocycles. The third kappa shape index (κ3) is 11.8. The molecule has 0 aromatic carbocycles. The Morgan fingerprint density at radius 1 is 0.927 bits per heavy atom. The van der Waals surface area contributed by atoms with Crippen LogP contribution in [0.4, 0.5) is 4.79 Å². The predicted octanol–water partition coefficient (Wildman–Crippen LogP) is -4.94. The molecule has 3 heterocycles. The van der Waals surface area contributed by atoms with Gasteiger partial charge in [-0.05, 0) is 6.04 Å². The van der Waals surface area contributed by atoms with Gasteiger partial charge in [0, 0.05) is 28.0 Å². The van der Waals surface area contributed by atoms with E-state index in [2.05, 4.69) is 36.9 Å². The first-order valence-electron chi connectivity index (χ1n) is 17.6. The van der Waals surface area contributed by atoms with Gasteiger partial charge in [0.25, 0.3) is 5.79 Å². The Labute approximate surface area is 317 Å². The van der Waals surface area contributed by atoms with Crippen LogP contribution in [0.15, 0.2) is 12.7 Å². The summed E-state index contributed by atoms with van der Waals surface area (Å²) >= 11 is 0. The van der Waals surface area contributed by atoms with Crippen LogP contribution in [-0.2, 0) is 42.7 Å². The van der Waals surface area contributed by atoms with Gasteiger partial charge >= 0.3 is 12.1 Å². The van der Waals surface area contributed by atoms with E-state index in [0.29, 0.717) is 6.04 Å². The molecular weight excluding hydrogens is 760 g/mol. The average Bonchev–Trinajstić information content (AvgIpc) is 3.11. The zero-order chi connectivity index (χ0) is 41.4. The molecule has 0 aliphatic carbocycles.